The highest BCUT2D eigenvalue weighted by molar-refractivity contribution is 5.94. The summed E-state index contributed by atoms with van der Waals surface area (Å²) in [5, 5.41) is -2.19. The van der Waals surface area contributed by atoms with Crippen molar-refractivity contribution < 1.29 is 39.5 Å². The van der Waals surface area contributed by atoms with Crippen LogP contribution in [0.25, 0.3) is 10.8 Å². The summed E-state index contributed by atoms with van der Waals surface area (Å²) in [6.07, 6.45) is -16.3. The summed E-state index contributed by atoms with van der Waals surface area (Å²) >= 11 is 0. The van der Waals surface area contributed by atoms with E-state index in [1.54, 1.807) is 0 Å². The fourth-order valence-electron chi connectivity index (χ4n) is 2.27. The molecule has 9 heteroatoms. The molecule has 0 amide bonds. The SMILES string of the molecule is [CH2]c1ccc(C(F)(F)F)c2c(C(F)(F)F)c(C(F)(F)F)ccc12. The molecule has 0 spiro atoms. The van der Waals surface area contributed by atoms with Crippen molar-refractivity contribution in [3.05, 3.63) is 53.4 Å². The lowest BCUT2D eigenvalue weighted by atomic mass is 9.91. The summed E-state index contributed by atoms with van der Waals surface area (Å²) in [7, 11) is 0. The maximum absolute atomic E-state index is 13.1. The van der Waals surface area contributed by atoms with Crippen LogP contribution >= 0.6 is 0 Å². The predicted molar refractivity (Wildman–Crippen MR) is 63.4 cm³/mol. The molecular formula is C14H6F9. The van der Waals surface area contributed by atoms with Gasteiger partial charge in [0.1, 0.15) is 0 Å². The second kappa shape index (κ2) is 5.04. The van der Waals surface area contributed by atoms with Crippen molar-refractivity contribution in [2.75, 3.05) is 0 Å². The largest absolute Gasteiger partial charge is 0.417 e. The van der Waals surface area contributed by atoms with Gasteiger partial charge in [0, 0.05) is 5.39 Å². The van der Waals surface area contributed by atoms with Crippen molar-refractivity contribution in [2.24, 2.45) is 0 Å². The van der Waals surface area contributed by atoms with Crippen molar-refractivity contribution in [3.63, 3.8) is 0 Å². The van der Waals surface area contributed by atoms with Crippen molar-refractivity contribution >= 4 is 10.8 Å². The fraction of sp³-hybridized carbons (Fsp3) is 0.214. The predicted octanol–water partition coefficient (Wildman–Crippen LogP) is 6.08. The molecule has 2 aromatic carbocycles. The first-order valence-corrected chi connectivity index (χ1v) is 5.88. The van der Waals surface area contributed by atoms with E-state index in [1.165, 1.54) is 0 Å². The van der Waals surface area contributed by atoms with Gasteiger partial charge in [-0.1, -0.05) is 12.1 Å². The zero-order valence-corrected chi connectivity index (χ0v) is 10.9. The quantitative estimate of drug-likeness (QED) is 0.508. The summed E-state index contributed by atoms with van der Waals surface area (Å²) in [6, 6.07) is 1.77. The molecule has 0 unspecified atom stereocenters. The van der Waals surface area contributed by atoms with Crippen LogP contribution in [0, 0.1) is 6.92 Å². The first-order valence-electron chi connectivity index (χ1n) is 5.88. The van der Waals surface area contributed by atoms with Crippen LogP contribution in [0.3, 0.4) is 0 Å². The fourth-order valence-corrected chi connectivity index (χ4v) is 2.27. The zero-order chi connectivity index (χ0) is 17.8. The van der Waals surface area contributed by atoms with Crippen LogP contribution in [-0.4, -0.2) is 0 Å². The Morgan fingerprint density at radius 3 is 1.52 bits per heavy atom. The standard InChI is InChI=1S/C14H6F9/c1-6-2-4-8(12(15,16)17)10-7(6)3-5-9(13(18,19)20)11(10)14(21,22)23/h2-5H,1H2. The first kappa shape index (κ1) is 17.4. The molecular weight excluding hydrogens is 339 g/mol. The third-order valence-electron chi connectivity index (χ3n) is 3.17. The average Bonchev–Trinajstić information content (AvgIpc) is 2.34. The summed E-state index contributed by atoms with van der Waals surface area (Å²) in [6.45, 7) is 3.27. The van der Waals surface area contributed by atoms with Crippen molar-refractivity contribution in [1.82, 2.24) is 0 Å². The first-order chi connectivity index (χ1) is 10.2. The lowest BCUT2D eigenvalue weighted by Gasteiger charge is -2.21. The van der Waals surface area contributed by atoms with E-state index >= 15 is 0 Å². The number of rotatable bonds is 0. The third-order valence-corrected chi connectivity index (χ3v) is 3.17. The van der Waals surface area contributed by atoms with Crippen LogP contribution in [-0.2, 0) is 18.5 Å². The van der Waals surface area contributed by atoms with E-state index in [0.717, 1.165) is 6.07 Å². The number of halogens is 9. The Bertz CT molecular complexity index is 748. The van der Waals surface area contributed by atoms with E-state index in [2.05, 4.69) is 6.92 Å². The number of hydrogen-bond donors (Lipinski definition) is 0. The zero-order valence-electron chi connectivity index (χ0n) is 10.9. The highest BCUT2D eigenvalue weighted by atomic mass is 19.4. The second-order valence-electron chi connectivity index (χ2n) is 4.68. The molecule has 0 fully saturated rings. The van der Waals surface area contributed by atoms with E-state index in [9.17, 15) is 39.5 Å². The summed E-state index contributed by atoms with van der Waals surface area (Å²) < 4.78 is 117. The highest BCUT2D eigenvalue weighted by Crippen LogP contribution is 2.47. The van der Waals surface area contributed by atoms with Gasteiger partial charge in [0.05, 0.1) is 16.7 Å². The van der Waals surface area contributed by atoms with Gasteiger partial charge in [-0.3, -0.25) is 0 Å². The maximum atomic E-state index is 13.1. The van der Waals surface area contributed by atoms with Crippen LogP contribution in [0.15, 0.2) is 24.3 Å². The van der Waals surface area contributed by atoms with Gasteiger partial charge in [-0.15, -0.1) is 0 Å². The number of alkyl halides is 9. The van der Waals surface area contributed by atoms with Crippen LogP contribution in [0.4, 0.5) is 39.5 Å². The summed E-state index contributed by atoms with van der Waals surface area (Å²) in [4.78, 5) is 0. The molecule has 0 N–H and O–H groups in total. The molecule has 0 aliphatic rings. The molecule has 0 bridgehead atoms. The summed E-state index contributed by atoms with van der Waals surface area (Å²) in [5.41, 5.74) is -6.57. The minimum atomic E-state index is -5.63. The van der Waals surface area contributed by atoms with E-state index in [-0.39, 0.29) is 11.6 Å². The van der Waals surface area contributed by atoms with Crippen molar-refractivity contribution in [1.29, 1.82) is 0 Å². The van der Waals surface area contributed by atoms with Crippen LogP contribution in [0.2, 0.25) is 0 Å². The van der Waals surface area contributed by atoms with Crippen LogP contribution in [0.5, 0.6) is 0 Å². The topological polar surface area (TPSA) is 0 Å². The third kappa shape index (κ3) is 3.09. The molecule has 1 radical (unpaired) electrons. The number of fused-ring (bicyclic) bond motifs is 1. The minimum Gasteiger partial charge on any atom is -0.166 e. The van der Waals surface area contributed by atoms with E-state index in [0.29, 0.717) is 12.1 Å². The molecule has 0 aliphatic heterocycles. The Kier molecular flexibility index (Phi) is 3.82. The molecule has 0 aliphatic carbocycles. The average molecular weight is 345 g/mol. The van der Waals surface area contributed by atoms with Crippen molar-refractivity contribution in [2.45, 2.75) is 18.5 Å². The van der Waals surface area contributed by atoms with Gasteiger partial charge in [-0.25, -0.2) is 0 Å². The smallest absolute Gasteiger partial charge is 0.166 e. The molecule has 0 saturated heterocycles. The number of benzene rings is 2. The minimum absolute atomic E-state index is 0.111. The van der Waals surface area contributed by atoms with Gasteiger partial charge in [0.25, 0.3) is 0 Å². The van der Waals surface area contributed by atoms with Gasteiger partial charge >= 0.3 is 18.5 Å². The van der Waals surface area contributed by atoms with E-state index in [1.807, 2.05) is 0 Å². The molecule has 0 nitrogen and oxygen atoms in total. The molecule has 23 heavy (non-hydrogen) atoms. The Labute approximate surface area is 123 Å². The van der Waals surface area contributed by atoms with Crippen LogP contribution in [0.1, 0.15) is 22.3 Å². The Hall–Kier alpha value is -1.93. The van der Waals surface area contributed by atoms with Crippen molar-refractivity contribution in [3.8, 4) is 0 Å². The molecule has 0 saturated carbocycles. The van der Waals surface area contributed by atoms with Gasteiger partial charge in [-0.2, -0.15) is 39.5 Å². The molecule has 0 heterocycles. The second-order valence-corrected chi connectivity index (χ2v) is 4.68. The van der Waals surface area contributed by atoms with Gasteiger partial charge in [0.15, 0.2) is 0 Å². The Balaban J connectivity index is 3.12. The molecule has 2 aromatic rings. The highest BCUT2D eigenvalue weighted by Gasteiger charge is 2.46. The normalized spacial score (nSPS) is 13.7. The molecule has 125 valence electrons. The van der Waals surface area contributed by atoms with E-state index in [4.69, 9.17) is 0 Å². The Morgan fingerprint density at radius 2 is 1.09 bits per heavy atom. The van der Waals surface area contributed by atoms with Gasteiger partial charge < -0.3 is 0 Å². The molecule has 0 aromatic heterocycles. The lowest BCUT2D eigenvalue weighted by Crippen LogP contribution is -2.19. The molecule has 2 rings (SSSR count). The monoisotopic (exact) mass is 345 g/mol. The number of hydrogen-bond acceptors (Lipinski definition) is 0. The van der Waals surface area contributed by atoms with Crippen LogP contribution < -0.4 is 0 Å². The van der Waals surface area contributed by atoms with E-state index < -0.39 is 46.0 Å². The summed E-state index contributed by atoms with van der Waals surface area (Å²) in [5.74, 6) is 0. The van der Waals surface area contributed by atoms with Gasteiger partial charge in [0.2, 0.25) is 0 Å². The maximum Gasteiger partial charge on any atom is 0.417 e. The Morgan fingerprint density at radius 1 is 0.609 bits per heavy atom. The lowest BCUT2D eigenvalue weighted by molar-refractivity contribution is -0.161. The molecule has 0 atom stereocenters. The van der Waals surface area contributed by atoms with Gasteiger partial charge in [-0.05, 0) is 30.0 Å².